The fourth-order valence-electron chi connectivity index (χ4n) is 14.2. The van der Waals surface area contributed by atoms with Gasteiger partial charge in [-0.1, -0.05) is 48.5 Å². The molecule has 2 aliphatic heterocycles. The molecule has 1 amide bonds. The number of esters is 1. The van der Waals surface area contributed by atoms with E-state index in [2.05, 4.69) is 58.3 Å². The number of amides is 1. The van der Waals surface area contributed by atoms with Gasteiger partial charge in [0.25, 0.3) is 5.92 Å². The number of halogens is 2. The molecular weight excluding hydrogens is 634 g/mol. The standard InChI is InChI=1S/C42H64F2N2O4/c1-26(2)34-30(48)24-41(36(49)46-21-9-10-28(46)25-45-22-19-42(43,44)20-23-45)18-17-39(7)29(35(34)41)11-12-32-38(6)15-14-33(50-27(3)47)37(4,5)31(38)13-16-40(32,39)8/h26,28-29,31-33H,9-25H2,1-8H3/t28-,29?,31?,32?,33-,38-,39+,40+,41+/m0/s1. The molecule has 7 aliphatic rings. The van der Waals surface area contributed by atoms with Crippen LogP contribution in [0.5, 0.6) is 0 Å². The van der Waals surface area contributed by atoms with E-state index in [4.69, 9.17) is 4.74 Å². The van der Waals surface area contributed by atoms with Crippen LogP contribution in [0, 0.1) is 50.7 Å². The largest absolute Gasteiger partial charge is 0.462 e. The summed E-state index contributed by atoms with van der Waals surface area (Å²) in [4.78, 5) is 45.7. The van der Waals surface area contributed by atoms with Gasteiger partial charge in [-0.3, -0.25) is 14.4 Å². The van der Waals surface area contributed by atoms with Crippen molar-refractivity contribution >= 4 is 17.7 Å². The second-order valence-corrected chi connectivity index (χ2v) is 19.7. The first-order valence-electron chi connectivity index (χ1n) is 20.2. The number of allylic oxidation sites excluding steroid dienone is 1. The summed E-state index contributed by atoms with van der Waals surface area (Å²) in [6, 6.07) is 0.0188. The molecule has 2 heterocycles. The Hall–Kier alpha value is -1.83. The van der Waals surface area contributed by atoms with Crippen molar-refractivity contribution in [1.82, 2.24) is 9.80 Å². The average Bonchev–Trinajstić information content (AvgIpc) is 3.61. The molecule has 7 rings (SSSR count). The van der Waals surface area contributed by atoms with Crippen LogP contribution in [-0.4, -0.2) is 71.7 Å². The topological polar surface area (TPSA) is 66.9 Å². The summed E-state index contributed by atoms with van der Waals surface area (Å²) in [6.07, 6.45) is 9.79. The number of alkyl halides is 2. The van der Waals surface area contributed by atoms with Gasteiger partial charge in [-0.05, 0) is 115 Å². The lowest BCUT2D eigenvalue weighted by atomic mass is 9.33. The van der Waals surface area contributed by atoms with Crippen LogP contribution in [0.4, 0.5) is 8.78 Å². The summed E-state index contributed by atoms with van der Waals surface area (Å²) in [5.74, 6) is -1.19. The number of fused-ring (bicyclic) bond motifs is 7. The van der Waals surface area contributed by atoms with Crippen LogP contribution in [0.15, 0.2) is 11.1 Å². The van der Waals surface area contributed by atoms with Gasteiger partial charge in [0, 0.05) is 63.8 Å². The summed E-state index contributed by atoms with van der Waals surface area (Å²) < 4.78 is 33.9. The normalized spacial score (nSPS) is 44.0. The van der Waals surface area contributed by atoms with E-state index in [9.17, 15) is 18.4 Å². The van der Waals surface area contributed by atoms with Crippen molar-refractivity contribution in [2.75, 3.05) is 26.2 Å². The molecule has 2 saturated heterocycles. The number of hydrogen-bond donors (Lipinski definition) is 0. The molecule has 0 aromatic rings. The Morgan fingerprint density at radius 3 is 2.20 bits per heavy atom. The summed E-state index contributed by atoms with van der Waals surface area (Å²) in [6.45, 7) is 20.2. The Labute approximate surface area is 299 Å². The first-order chi connectivity index (χ1) is 23.3. The molecule has 0 aromatic carbocycles. The van der Waals surface area contributed by atoms with Gasteiger partial charge in [0.15, 0.2) is 5.78 Å². The minimum Gasteiger partial charge on any atom is -0.462 e. The van der Waals surface area contributed by atoms with Crippen LogP contribution in [0.3, 0.4) is 0 Å². The van der Waals surface area contributed by atoms with E-state index in [0.717, 1.165) is 69.8 Å². The van der Waals surface area contributed by atoms with E-state index in [1.807, 2.05) is 0 Å². The van der Waals surface area contributed by atoms with Gasteiger partial charge in [0.05, 0.1) is 5.41 Å². The fourth-order valence-corrected chi connectivity index (χ4v) is 14.2. The van der Waals surface area contributed by atoms with Crippen LogP contribution in [0.25, 0.3) is 0 Å². The highest BCUT2D eigenvalue weighted by molar-refractivity contribution is 6.07. The molecule has 0 N–H and O–H groups in total. The Morgan fingerprint density at radius 1 is 0.840 bits per heavy atom. The predicted octanol–water partition coefficient (Wildman–Crippen LogP) is 8.62. The van der Waals surface area contributed by atoms with Gasteiger partial charge >= 0.3 is 5.97 Å². The second kappa shape index (κ2) is 12.1. The molecule has 0 aromatic heterocycles. The number of hydrogen-bond acceptors (Lipinski definition) is 5. The SMILES string of the molecule is CC(=O)O[C@H]1CC[C@@]2(C)C(CC[C@]3(C)C2CCC2C4=C(C(C)C)C(=O)C[C@]4(C(=O)N4CCC[C@H]4CN4CCC(F)(F)CC4)CC[C@]23C)C1(C)C. The number of rotatable bonds is 5. The van der Waals surface area contributed by atoms with Gasteiger partial charge in [0.1, 0.15) is 6.10 Å². The van der Waals surface area contributed by atoms with Gasteiger partial charge in [0.2, 0.25) is 5.91 Å². The number of likely N-dealkylation sites (tertiary alicyclic amines) is 2. The van der Waals surface area contributed by atoms with Crippen LogP contribution in [0.1, 0.15) is 139 Å². The fraction of sp³-hybridized carbons (Fsp3) is 0.881. The molecule has 8 heteroatoms. The highest BCUT2D eigenvalue weighted by atomic mass is 19.3. The summed E-state index contributed by atoms with van der Waals surface area (Å²) in [7, 11) is 0. The van der Waals surface area contributed by atoms with Crippen molar-refractivity contribution in [1.29, 1.82) is 0 Å². The Morgan fingerprint density at radius 2 is 1.54 bits per heavy atom. The zero-order valence-corrected chi connectivity index (χ0v) is 32.3. The van der Waals surface area contributed by atoms with E-state index in [-0.39, 0.29) is 76.1 Å². The number of ketones is 1. The van der Waals surface area contributed by atoms with Crippen molar-refractivity contribution in [3.63, 3.8) is 0 Å². The number of piperidine rings is 1. The molecule has 6 fully saturated rings. The van der Waals surface area contributed by atoms with Crippen molar-refractivity contribution < 1.29 is 27.9 Å². The maximum absolute atomic E-state index is 15.2. The molecule has 0 bridgehead atoms. The zero-order chi connectivity index (χ0) is 36.2. The van der Waals surface area contributed by atoms with Crippen LogP contribution < -0.4 is 0 Å². The minimum atomic E-state index is -2.58. The monoisotopic (exact) mass is 698 g/mol. The number of nitrogens with zero attached hydrogens (tertiary/aromatic N) is 2. The third kappa shape index (κ3) is 5.23. The smallest absolute Gasteiger partial charge is 0.302 e. The van der Waals surface area contributed by atoms with Crippen molar-refractivity contribution in [2.45, 2.75) is 157 Å². The lowest BCUT2D eigenvalue weighted by molar-refractivity contribution is -0.232. The highest BCUT2D eigenvalue weighted by Crippen LogP contribution is 2.77. The number of ether oxygens (including phenoxy) is 1. The average molecular weight is 699 g/mol. The molecule has 9 atom stereocenters. The summed E-state index contributed by atoms with van der Waals surface area (Å²) in [5.41, 5.74) is 1.43. The number of carbonyl (C=O) groups excluding carboxylic acids is 3. The van der Waals surface area contributed by atoms with E-state index in [0.29, 0.717) is 44.4 Å². The maximum Gasteiger partial charge on any atom is 0.302 e. The molecular formula is C42H64F2N2O4. The molecule has 3 unspecified atom stereocenters. The zero-order valence-electron chi connectivity index (χ0n) is 32.3. The van der Waals surface area contributed by atoms with E-state index < -0.39 is 11.3 Å². The minimum absolute atomic E-state index is 0.0188. The summed E-state index contributed by atoms with van der Waals surface area (Å²) in [5, 5.41) is 0. The second-order valence-electron chi connectivity index (χ2n) is 19.7. The van der Waals surface area contributed by atoms with Crippen molar-refractivity contribution in [3.05, 3.63) is 11.1 Å². The van der Waals surface area contributed by atoms with Crippen LogP contribution >= 0.6 is 0 Å². The van der Waals surface area contributed by atoms with Gasteiger partial charge in [-0.25, -0.2) is 8.78 Å². The molecule has 0 radical (unpaired) electrons. The predicted molar refractivity (Wildman–Crippen MR) is 190 cm³/mol. The third-order valence-corrected chi connectivity index (χ3v) is 16.8. The molecule has 5 aliphatic carbocycles. The Bertz CT molecular complexity index is 1450. The van der Waals surface area contributed by atoms with E-state index >= 15 is 4.79 Å². The van der Waals surface area contributed by atoms with Crippen molar-refractivity contribution in [3.8, 4) is 0 Å². The molecule has 6 nitrogen and oxygen atoms in total. The van der Waals surface area contributed by atoms with Crippen LogP contribution in [0.2, 0.25) is 0 Å². The maximum atomic E-state index is 15.2. The number of carbonyl (C=O) groups is 3. The van der Waals surface area contributed by atoms with Gasteiger partial charge in [-0.2, -0.15) is 0 Å². The lowest BCUT2D eigenvalue weighted by Gasteiger charge is -2.72. The van der Waals surface area contributed by atoms with E-state index in [1.165, 1.54) is 12.5 Å². The Kier molecular flexibility index (Phi) is 8.84. The first kappa shape index (κ1) is 36.5. The van der Waals surface area contributed by atoms with E-state index in [1.54, 1.807) is 0 Å². The molecule has 0 spiro atoms. The molecule has 280 valence electrons. The van der Waals surface area contributed by atoms with Crippen LogP contribution in [-0.2, 0) is 19.1 Å². The number of Topliss-reactive ketones (excluding diaryl/α,β-unsaturated/α-hetero) is 1. The van der Waals surface area contributed by atoms with Gasteiger partial charge in [-0.15, -0.1) is 0 Å². The third-order valence-electron chi connectivity index (χ3n) is 16.8. The lowest BCUT2D eigenvalue weighted by Crippen LogP contribution is -2.66. The quantitative estimate of drug-likeness (QED) is 0.269. The summed E-state index contributed by atoms with van der Waals surface area (Å²) >= 11 is 0. The Balaban J connectivity index is 1.20. The molecule has 50 heavy (non-hydrogen) atoms. The van der Waals surface area contributed by atoms with Crippen molar-refractivity contribution in [2.24, 2.45) is 50.7 Å². The molecule has 4 saturated carbocycles. The first-order valence-corrected chi connectivity index (χ1v) is 20.2. The highest BCUT2D eigenvalue weighted by Gasteiger charge is 2.71. The van der Waals surface area contributed by atoms with Gasteiger partial charge < -0.3 is 14.5 Å².